The molecule has 6 heteroatoms. The predicted molar refractivity (Wildman–Crippen MR) is 82.3 cm³/mol. The van der Waals surface area contributed by atoms with Gasteiger partial charge in [0.15, 0.2) is 5.75 Å². The second kappa shape index (κ2) is 5.76. The van der Waals surface area contributed by atoms with Crippen molar-refractivity contribution in [3.05, 3.63) is 45.1 Å². The van der Waals surface area contributed by atoms with Crippen molar-refractivity contribution in [1.82, 2.24) is 9.78 Å². The Kier molecular flexibility index (Phi) is 4.42. The van der Waals surface area contributed by atoms with E-state index in [0.717, 1.165) is 4.47 Å². The highest BCUT2D eigenvalue weighted by atomic mass is 79.9. The van der Waals surface area contributed by atoms with E-state index in [1.165, 1.54) is 0 Å². The van der Waals surface area contributed by atoms with Crippen molar-refractivity contribution >= 4 is 27.5 Å². The number of ether oxygens (including phenoxy) is 1. The molecule has 0 bridgehead atoms. The van der Waals surface area contributed by atoms with E-state index in [9.17, 15) is 5.11 Å². The number of aliphatic hydroxyl groups is 1. The molecule has 0 aliphatic heterocycles. The maximum atomic E-state index is 11.0. The van der Waals surface area contributed by atoms with Gasteiger partial charge in [-0.05, 0) is 26.0 Å². The van der Waals surface area contributed by atoms with Gasteiger partial charge in [-0.15, -0.1) is 0 Å². The number of halogens is 2. The average Bonchev–Trinajstić information content (AvgIpc) is 2.81. The Balaban J connectivity index is 2.62. The smallest absolute Gasteiger partial charge is 0.163 e. The molecule has 0 saturated heterocycles. The summed E-state index contributed by atoms with van der Waals surface area (Å²) in [6.07, 6.45) is 1.60. The number of benzene rings is 1. The molecule has 0 spiro atoms. The first-order valence-electron chi connectivity index (χ1n) is 6.20. The molecule has 1 heterocycles. The minimum atomic E-state index is -1.30. The van der Waals surface area contributed by atoms with Crippen LogP contribution >= 0.6 is 27.5 Å². The van der Waals surface area contributed by atoms with Gasteiger partial charge < -0.3 is 9.84 Å². The normalized spacial score (nSPS) is 14.1. The highest BCUT2D eigenvalue weighted by Gasteiger charge is 2.35. The second-order valence-corrected chi connectivity index (χ2v) is 5.90. The molecule has 0 aliphatic rings. The lowest BCUT2D eigenvalue weighted by atomic mass is 9.91. The van der Waals surface area contributed by atoms with Gasteiger partial charge in [-0.1, -0.05) is 33.6 Å². The van der Waals surface area contributed by atoms with E-state index in [2.05, 4.69) is 21.0 Å². The quantitative estimate of drug-likeness (QED) is 0.907. The molecule has 0 amide bonds. The minimum absolute atomic E-state index is 0.482. The largest absolute Gasteiger partial charge is 0.493 e. The number of rotatable bonds is 4. The van der Waals surface area contributed by atoms with Gasteiger partial charge in [0.2, 0.25) is 0 Å². The van der Waals surface area contributed by atoms with E-state index in [1.807, 2.05) is 13.0 Å². The standard InChI is InChI=1S/C14H16BrClN2O2/c1-4-18-13(12(20-3)8-17-18)14(2,19)10-6-5-9(15)7-11(10)16/h5-8,19H,4H2,1-3H3. The fourth-order valence-electron chi connectivity index (χ4n) is 2.26. The summed E-state index contributed by atoms with van der Waals surface area (Å²) in [6, 6.07) is 5.39. The van der Waals surface area contributed by atoms with E-state index < -0.39 is 5.60 Å². The third kappa shape index (κ3) is 2.57. The van der Waals surface area contributed by atoms with Crippen LogP contribution in [0.1, 0.15) is 25.1 Å². The van der Waals surface area contributed by atoms with Crippen molar-refractivity contribution in [2.24, 2.45) is 0 Å². The Morgan fingerprint density at radius 2 is 2.20 bits per heavy atom. The Labute approximate surface area is 131 Å². The van der Waals surface area contributed by atoms with Crippen molar-refractivity contribution < 1.29 is 9.84 Å². The molecule has 0 aliphatic carbocycles. The molecule has 4 nitrogen and oxygen atoms in total. The third-order valence-corrected chi connectivity index (χ3v) is 4.05. The zero-order valence-corrected chi connectivity index (χ0v) is 13.9. The molecule has 1 N–H and O–H groups in total. The molecule has 0 fully saturated rings. The summed E-state index contributed by atoms with van der Waals surface area (Å²) < 4.78 is 7.87. The number of aryl methyl sites for hydroxylation is 1. The van der Waals surface area contributed by atoms with Crippen LogP contribution in [0.25, 0.3) is 0 Å². The van der Waals surface area contributed by atoms with E-state index in [4.69, 9.17) is 16.3 Å². The SMILES string of the molecule is CCn1ncc(OC)c1C(C)(O)c1ccc(Br)cc1Cl. The van der Waals surface area contributed by atoms with Crippen molar-refractivity contribution in [2.75, 3.05) is 7.11 Å². The topological polar surface area (TPSA) is 47.3 Å². The van der Waals surface area contributed by atoms with Gasteiger partial charge in [-0.2, -0.15) is 5.10 Å². The van der Waals surface area contributed by atoms with Gasteiger partial charge in [0.25, 0.3) is 0 Å². The molecule has 1 aromatic heterocycles. The van der Waals surface area contributed by atoms with Crippen molar-refractivity contribution in [3.8, 4) is 5.75 Å². The van der Waals surface area contributed by atoms with Crippen molar-refractivity contribution in [2.45, 2.75) is 26.0 Å². The maximum absolute atomic E-state index is 11.0. The molecule has 2 aromatic rings. The maximum Gasteiger partial charge on any atom is 0.163 e. The second-order valence-electron chi connectivity index (χ2n) is 4.57. The van der Waals surface area contributed by atoms with Crippen LogP contribution < -0.4 is 4.74 Å². The fourth-order valence-corrected chi connectivity index (χ4v) is 3.12. The summed E-state index contributed by atoms with van der Waals surface area (Å²) >= 11 is 9.62. The zero-order chi connectivity index (χ0) is 14.9. The Morgan fingerprint density at radius 3 is 2.75 bits per heavy atom. The summed E-state index contributed by atoms with van der Waals surface area (Å²) in [7, 11) is 1.56. The third-order valence-electron chi connectivity index (χ3n) is 3.24. The molecular weight excluding hydrogens is 344 g/mol. The molecule has 1 unspecified atom stereocenters. The lowest BCUT2D eigenvalue weighted by Crippen LogP contribution is -2.28. The Morgan fingerprint density at radius 1 is 1.50 bits per heavy atom. The average molecular weight is 360 g/mol. The van der Waals surface area contributed by atoms with Crippen LogP contribution in [0.4, 0.5) is 0 Å². The lowest BCUT2D eigenvalue weighted by molar-refractivity contribution is 0.0886. The van der Waals surface area contributed by atoms with Gasteiger partial charge in [-0.3, -0.25) is 4.68 Å². The monoisotopic (exact) mass is 358 g/mol. The van der Waals surface area contributed by atoms with Gasteiger partial charge in [0, 0.05) is 21.6 Å². The first-order valence-corrected chi connectivity index (χ1v) is 7.37. The lowest BCUT2D eigenvalue weighted by Gasteiger charge is -2.26. The first-order chi connectivity index (χ1) is 9.41. The summed E-state index contributed by atoms with van der Waals surface area (Å²) in [5.74, 6) is 0.538. The van der Waals surface area contributed by atoms with Crippen molar-refractivity contribution in [3.63, 3.8) is 0 Å². The van der Waals surface area contributed by atoms with Gasteiger partial charge in [0.05, 0.1) is 13.3 Å². The molecule has 108 valence electrons. The van der Waals surface area contributed by atoms with Crippen LogP contribution in [0.3, 0.4) is 0 Å². The minimum Gasteiger partial charge on any atom is -0.493 e. The molecule has 20 heavy (non-hydrogen) atoms. The first kappa shape index (κ1) is 15.4. The van der Waals surface area contributed by atoms with Gasteiger partial charge in [-0.25, -0.2) is 0 Å². The highest BCUT2D eigenvalue weighted by Crippen LogP contribution is 2.39. The summed E-state index contributed by atoms with van der Waals surface area (Å²) in [4.78, 5) is 0. The summed E-state index contributed by atoms with van der Waals surface area (Å²) in [6.45, 7) is 4.27. The molecule has 0 saturated carbocycles. The molecule has 1 atom stereocenters. The van der Waals surface area contributed by atoms with Gasteiger partial charge >= 0.3 is 0 Å². The number of hydrogen-bond donors (Lipinski definition) is 1. The Bertz CT molecular complexity index is 604. The van der Waals surface area contributed by atoms with E-state index in [1.54, 1.807) is 37.0 Å². The molecule has 0 radical (unpaired) electrons. The number of nitrogens with zero attached hydrogens (tertiary/aromatic N) is 2. The highest BCUT2D eigenvalue weighted by molar-refractivity contribution is 9.10. The van der Waals surface area contributed by atoms with Crippen LogP contribution in [0, 0.1) is 0 Å². The molecular formula is C14H16BrClN2O2. The van der Waals surface area contributed by atoms with Gasteiger partial charge in [0.1, 0.15) is 11.3 Å². The van der Waals surface area contributed by atoms with Crippen LogP contribution in [0.5, 0.6) is 5.75 Å². The summed E-state index contributed by atoms with van der Waals surface area (Å²) in [5.41, 5.74) is -0.0992. The van der Waals surface area contributed by atoms with Crippen LogP contribution in [-0.4, -0.2) is 22.0 Å². The van der Waals surface area contributed by atoms with Crippen LogP contribution in [0.2, 0.25) is 5.02 Å². The summed E-state index contributed by atoms with van der Waals surface area (Å²) in [5, 5.41) is 15.7. The Hall–Kier alpha value is -1.04. The van der Waals surface area contributed by atoms with E-state index >= 15 is 0 Å². The molecule has 2 rings (SSSR count). The van der Waals surface area contributed by atoms with Crippen LogP contribution in [-0.2, 0) is 12.1 Å². The number of aromatic nitrogens is 2. The molecule has 1 aromatic carbocycles. The van der Waals surface area contributed by atoms with E-state index in [-0.39, 0.29) is 0 Å². The number of methoxy groups -OCH3 is 1. The van der Waals surface area contributed by atoms with E-state index in [0.29, 0.717) is 28.6 Å². The van der Waals surface area contributed by atoms with Crippen molar-refractivity contribution in [1.29, 1.82) is 0 Å². The number of hydrogen-bond acceptors (Lipinski definition) is 3. The fraction of sp³-hybridized carbons (Fsp3) is 0.357. The predicted octanol–water partition coefficient (Wildman–Crippen LogP) is 3.58. The zero-order valence-electron chi connectivity index (χ0n) is 11.5. The van der Waals surface area contributed by atoms with Crippen LogP contribution in [0.15, 0.2) is 28.9 Å².